The number of benzene rings is 2. The van der Waals surface area contributed by atoms with Gasteiger partial charge in [-0.05, 0) is 49.3 Å². The first kappa shape index (κ1) is 19.4. The fourth-order valence-corrected chi connectivity index (χ4v) is 3.13. The molecule has 0 aliphatic rings. The van der Waals surface area contributed by atoms with Crippen LogP contribution in [0.4, 0.5) is 4.39 Å². The van der Waals surface area contributed by atoms with Crippen LogP contribution < -0.4 is 5.32 Å². The minimum absolute atomic E-state index is 0.0389. The van der Waals surface area contributed by atoms with E-state index in [1.54, 1.807) is 19.1 Å². The molecule has 0 aliphatic heterocycles. The SMILES string of the molecule is CCN(CC)C(CNC(=O)c1ccc(C)c(F)c1)c1ccccc1Cl. The number of likely N-dealkylation sites (N-methyl/N-ethyl adjacent to an activating group) is 1. The minimum Gasteiger partial charge on any atom is -0.350 e. The monoisotopic (exact) mass is 362 g/mol. The lowest BCUT2D eigenvalue weighted by molar-refractivity contribution is 0.0934. The summed E-state index contributed by atoms with van der Waals surface area (Å²) < 4.78 is 13.7. The number of halogens is 2. The van der Waals surface area contributed by atoms with Crippen LogP contribution in [0.15, 0.2) is 42.5 Å². The lowest BCUT2D eigenvalue weighted by atomic mass is 10.0. The Morgan fingerprint density at radius 3 is 2.48 bits per heavy atom. The van der Waals surface area contributed by atoms with Gasteiger partial charge in [-0.3, -0.25) is 9.69 Å². The van der Waals surface area contributed by atoms with Crippen molar-refractivity contribution in [3.05, 3.63) is 70.0 Å². The first-order valence-corrected chi connectivity index (χ1v) is 8.88. The molecule has 5 heteroatoms. The standard InChI is InChI=1S/C20H24ClFN2O/c1-4-24(5-2)19(16-8-6-7-9-17(16)21)13-23-20(25)15-11-10-14(3)18(22)12-15/h6-12,19H,4-5,13H2,1-3H3,(H,23,25). The molecule has 1 atom stereocenters. The number of carbonyl (C=O) groups is 1. The lowest BCUT2D eigenvalue weighted by Gasteiger charge is -2.31. The molecule has 0 heterocycles. The van der Waals surface area contributed by atoms with Gasteiger partial charge in [0.15, 0.2) is 0 Å². The maximum atomic E-state index is 13.7. The van der Waals surface area contributed by atoms with E-state index < -0.39 is 0 Å². The zero-order valence-corrected chi connectivity index (χ0v) is 15.6. The molecule has 0 aromatic heterocycles. The van der Waals surface area contributed by atoms with Crippen molar-refractivity contribution in [1.82, 2.24) is 10.2 Å². The van der Waals surface area contributed by atoms with E-state index in [0.29, 0.717) is 22.7 Å². The van der Waals surface area contributed by atoms with Crippen molar-refractivity contribution in [1.29, 1.82) is 0 Å². The van der Waals surface area contributed by atoms with E-state index in [0.717, 1.165) is 18.7 Å². The molecule has 0 saturated heterocycles. The van der Waals surface area contributed by atoms with Crippen LogP contribution in [0.3, 0.4) is 0 Å². The smallest absolute Gasteiger partial charge is 0.251 e. The Morgan fingerprint density at radius 2 is 1.88 bits per heavy atom. The molecule has 0 aliphatic carbocycles. The largest absolute Gasteiger partial charge is 0.350 e. The average molecular weight is 363 g/mol. The van der Waals surface area contributed by atoms with E-state index in [-0.39, 0.29) is 17.8 Å². The van der Waals surface area contributed by atoms with Crippen molar-refractivity contribution in [3.63, 3.8) is 0 Å². The zero-order chi connectivity index (χ0) is 18.4. The van der Waals surface area contributed by atoms with Crippen LogP contribution in [0.5, 0.6) is 0 Å². The van der Waals surface area contributed by atoms with Gasteiger partial charge in [0.1, 0.15) is 5.82 Å². The maximum Gasteiger partial charge on any atom is 0.251 e. The number of hydrogen-bond acceptors (Lipinski definition) is 2. The highest BCUT2D eigenvalue weighted by Crippen LogP contribution is 2.27. The van der Waals surface area contributed by atoms with Crippen molar-refractivity contribution in [2.45, 2.75) is 26.8 Å². The molecule has 0 fully saturated rings. The summed E-state index contributed by atoms with van der Waals surface area (Å²) in [6.07, 6.45) is 0. The van der Waals surface area contributed by atoms with Gasteiger partial charge in [-0.2, -0.15) is 0 Å². The Morgan fingerprint density at radius 1 is 1.20 bits per heavy atom. The Labute approximate surface area is 153 Å². The summed E-state index contributed by atoms with van der Waals surface area (Å²) in [5, 5.41) is 3.59. The van der Waals surface area contributed by atoms with Gasteiger partial charge < -0.3 is 5.32 Å². The highest BCUT2D eigenvalue weighted by atomic mass is 35.5. The summed E-state index contributed by atoms with van der Waals surface area (Å²) >= 11 is 6.36. The number of nitrogens with one attached hydrogen (secondary N) is 1. The Balaban J connectivity index is 2.18. The molecule has 0 saturated carbocycles. The topological polar surface area (TPSA) is 32.3 Å². The van der Waals surface area contributed by atoms with Gasteiger partial charge in [-0.15, -0.1) is 0 Å². The second kappa shape index (κ2) is 8.97. The molecule has 2 aromatic carbocycles. The van der Waals surface area contributed by atoms with Crippen molar-refractivity contribution in [3.8, 4) is 0 Å². The second-order valence-electron chi connectivity index (χ2n) is 5.93. The Hall–Kier alpha value is -1.91. The summed E-state index contributed by atoms with van der Waals surface area (Å²) in [4.78, 5) is 14.6. The van der Waals surface area contributed by atoms with Crippen LogP contribution in [0.1, 0.15) is 41.4 Å². The van der Waals surface area contributed by atoms with E-state index in [2.05, 4.69) is 24.1 Å². The van der Waals surface area contributed by atoms with Crippen LogP contribution in [0.25, 0.3) is 0 Å². The zero-order valence-electron chi connectivity index (χ0n) is 14.9. The summed E-state index contributed by atoms with van der Waals surface area (Å²) in [7, 11) is 0. The van der Waals surface area contributed by atoms with E-state index in [9.17, 15) is 9.18 Å². The van der Waals surface area contributed by atoms with Crippen LogP contribution in [-0.4, -0.2) is 30.4 Å². The van der Waals surface area contributed by atoms with Gasteiger partial charge in [-0.1, -0.05) is 49.7 Å². The maximum absolute atomic E-state index is 13.7. The second-order valence-corrected chi connectivity index (χ2v) is 6.34. The molecule has 25 heavy (non-hydrogen) atoms. The van der Waals surface area contributed by atoms with Gasteiger partial charge in [0.25, 0.3) is 5.91 Å². The number of aryl methyl sites for hydroxylation is 1. The highest BCUT2D eigenvalue weighted by molar-refractivity contribution is 6.31. The molecule has 0 bridgehead atoms. The van der Waals surface area contributed by atoms with Crippen molar-refractivity contribution < 1.29 is 9.18 Å². The highest BCUT2D eigenvalue weighted by Gasteiger charge is 2.21. The normalized spacial score (nSPS) is 12.2. The molecule has 1 amide bonds. The molecule has 0 radical (unpaired) electrons. The quantitative estimate of drug-likeness (QED) is 0.780. The van der Waals surface area contributed by atoms with Crippen molar-refractivity contribution in [2.24, 2.45) is 0 Å². The Kier molecular flexibility index (Phi) is 6.97. The van der Waals surface area contributed by atoms with Gasteiger partial charge in [-0.25, -0.2) is 4.39 Å². The first-order chi connectivity index (χ1) is 12.0. The van der Waals surface area contributed by atoms with E-state index in [4.69, 9.17) is 11.6 Å². The van der Waals surface area contributed by atoms with Gasteiger partial charge in [0.2, 0.25) is 0 Å². The Bertz CT molecular complexity index is 731. The molecular weight excluding hydrogens is 339 g/mol. The minimum atomic E-state index is -0.376. The lowest BCUT2D eigenvalue weighted by Crippen LogP contribution is -2.38. The van der Waals surface area contributed by atoms with Crippen LogP contribution >= 0.6 is 11.6 Å². The molecule has 0 spiro atoms. The molecule has 2 rings (SSSR count). The average Bonchev–Trinajstić information content (AvgIpc) is 2.61. The summed E-state index contributed by atoms with van der Waals surface area (Å²) in [6.45, 7) is 7.89. The predicted molar refractivity (Wildman–Crippen MR) is 101 cm³/mol. The van der Waals surface area contributed by atoms with E-state index in [1.807, 2.05) is 24.3 Å². The molecule has 3 nitrogen and oxygen atoms in total. The molecule has 134 valence electrons. The third-order valence-electron chi connectivity index (χ3n) is 4.41. The molecule has 1 unspecified atom stereocenters. The molecule has 2 aromatic rings. The molecule has 1 N–H and O–H groups in total. The first-order valence-electron chi connectivity index (χ1n) is 8.50. The molecular formula is C20H24ClFN2O. The summed E-state index contributed by atoms with van der Waals surface area (Å²) in [6, 6.07) is 12.1. The van der Waals surface area contributed by atoms with Crippen LogP contribution in [0.2, 0.25) is 5.02 Å². The van der Waals surface area contributed by atoms with Crippen LogP contribution in [-0.2, 0) is 0 Å². The fourth-order valence-electron chi connectivity index (χ4n) is 2.87. The number of amides is 1. The van der Waals surface area contributed by atoms with Gasteiger partial charge in [0, 0.05) is 17.1 Å². The number of nitrogens with zero attached hydrogens (tertiary/aromatic N) is 1. The third kappa shape index (κ3) is 4.80. The fraction of sp³-hybridized carbons (Fsp3) is 0.350. The van der Waals surface area contributed by atoms with E-state index >= 15 is 0 Å². The van der Waals surface area contributed by atoms with Crippen molar-refractivity contribution >= 4 is 17.5 Å². The number of rotatable bonds is 7. The third-order valence-corrected chi connectivity index (χ3v) is 4.75. The van der Waals surface area contributed by atoms with Crippen molar-refractivity contribution in [2.75, 3.05) is 19.6 Å². The van der Waals surface area contributed by atoms with E-state index in [1.165, 1.54) is 6.07 Å². The van der Waals surface area contributed by atoms with Gasteiger partial charge >= 0.3 is 0 Å². The summed E-state index contributed by atoms with van der Waals surface area (Å²) in [5.74, 6) is -0.665. The predicted octanol–water partition coefficient (Wildman–Crippen LogP) is 4.60. The van der Waals surface area contributed by atoms with Crippen LogP contribution in [0, 0.1) is 12.7 Å². The summed E-state index contributed by atoms with van der Waals surface area (Å²) in [5.41, 5.74) is 1.82. The van der Waals surface area contributed by atoms with Gasteiger partial charge in [0.05, 0.1) is 6.04 Å². The number of hydrogen-bond donors (Lipinski definition) is 1. The number of carbonyl (C=O) groups excluding carboxylic acids is 1.